The number of hydrogen-bond donors (Lipinski definition) is 1. The molecular weight excluding hydrogens is 386 g/mol. The molecule has 2 atom stereocenters. The predicted molar refractivity (Wildman–Crippen MR) is 115 cm³/mol. The molecule has 6 nitrogen and oxygen atoms in total. The summed E-state index contributed by atoms with van der Waals surface area (Å²) >= 11 is 1.38. The lowest BCUT2D eigenvalue weighted by atomic mass is 9.95. The summed E-state index contributed by atoms with van der Waals surface area (Å²) in [6.45, 7) is 4.77. The number of amides is 2. The van der Waals surface area contributed by atoms with Crippen LogP contribution in [0.25, 0.3) is 10.2 Å². The number of unbranched alkanes of at least 4 members (excludes halogenated alkanes) is 2. The van der Waals surface area contributed by atoms with Crippen molar-refractivity contribution in [1.29, 1.82) is 0 Å². The number of thiazole rings is 1. The molecule has 2 heterocycles. The molecule has 1 fully saturated rings. The summed E-state index contributed by atoms with van der Waals surface area (Å²) in [4.78, 5) is 43.9. The Bertz CT molecular complexity index is 846. The highest BCUT2D eigenvalue weighted by atomic mass is 32.1. The first-order valence-corrected chi connectivity index (χ1v) is 11.3. The van der Waals surface area contributed by atoms with Gasteiger partial charge in [0.2, 0.25) is 17.6 Å². The molecule has 156 valence electrons. The molecule has 0 unspecified atom stereocenters. The van der Waals surface area contributed by atoms with E-state index in [0.29, 0.717) is 24.5 Å². The molecule has 3 rings (SSSR count). The van der Waals surface area contributed by atoms with Crippen LogP contribution in [0.1, 0.15) is 62.2 Å². The molecule has 29 heavy (non-hydrogen) atoms. The van der Waals surface area contributed by atoms with Crippen LogP contribution in [0.3, 0.4) is 0 Å². The van der Waals surface area contributed by atoms with Crippen molar-refractivity contribution in [3.63, 3.8) is 0 Å². The van der Waals surface area contributed by atoms with Crippen molar-refractivity contribution in [2.75, 3.05) is 13.1 Å². The number of Topliss-reactive ketones (excluding diaryl/α,β-unsaturated/α-hetero) is 1. The van der Waals surface area contributed by atoms with Gasteiger partial charge in [0.25, 0.3) is 0 Å². The minimum absolute atomic E-state index is 0.00690. The second kappa shape index (κ2) is 9.96. The molecule has 1 N–H and O–H groups in total. The fourth-order valence-corrected chi connectivity index (χ4v) is 4.72. The zero-order valence-corrected chi connectivity index (χ0v) is 18.0. The molecule has 2 amide bonds. The third-order valence-electron chi connectivity index (χ3n) is 5.47. The van der Waals surface area contributed by atoms with E-state index in [1.165, 1.54) is 18.3 Å². The number of ketones is 1. The van der Waals surface area contributed by atoms with Crippen LogP contribution >= 0.6 is 11.3 Å². The number of piperidine rings is 1. The summed E-state index contributed by atoms with van der Waals surface area (Å²) in [5.41, 5.74) is 0.809. The Kier molecular flexibility index (Phi) is 7.36. The molecule has 2 aromatic rings. The van der Waals surface area contributed by atoms with Gasteiger partial charge in [0.1, 0.15) is 0 Å². The van der Waals surface area contributed by atoms with Gasteiger partial charge in [-0.2, -0.15) is 0 Å². The van der Waals surface area contributed by atoms with Gasteiger partial charge in [-0.05, 0) is 31.4 Å². The number of carbonyl (C=O) groups is 3. The maximum Gasteiger partial charge on any atom is 0.225 e. The van der Waals surface area contributed by atoms with Crippen LogP contribution < -0.4 is 5.32 Å². The molecule has 0 saturated carbocycles. The maximum absolute atomic E-state index is 13.2. The number of likely N-dealkylation sites (tertiary alicyclic amines) is 1. The van der Waals surface area contributed by atoms with Gasteiger partial charge in [0.05, 0.1) is 22.2 Å². The van der Waals surface area contributed by atoms with E-state index in [2.05, 4.69) is 17.2 Å². The summed E-state index contributed by atoms with van der Waals surface area (Å²) in [6, 6.07) is 7.11. The van der Waals surface area contributed by atoms with Crippen LogP contribution in [0.5, 0.6) is 0 Å². The minimum atomic E-state index is -0.567. The number of aromatic nitrogens is 1. The average molecular weight is 416 g/mol. The topological polar surface area (TPSA) is 79.4 Å². The van der Waals surface area contributed by atoms with Crippen molar-refractivity contribution in [3.05, 3.63) is 29.3 Å². The zero-order chi connectivity index (χ0) is 20.8. The summed E-state index contributed by atoms with van der Waals surface area (Å²) in [6.07, 6.45) is 5.10. The molecule has 1 saturated heterocycles. The summed E-state index contributed by atoms with van der Waals surface area (Å²) in [5.74, 6) is -0.515. The van der Waals surface area contributed by atoms with Gasteiger partial charge >= 0.3 is 0 Å². The second-order valence-electron chi connectivity index (χ2n) is 7.71. The monoisotopic (exact) mass is 415 g/mol. The number of nitrogens with one attached hydrogen (secondary N) is 1. The van der Waals surface area contributed by atoms with E-state index in [4.69, 9.17) is 0 Å². The van der Waals surface area contributed by atoms with Gasteiger partial charge in [-0.15, -0.1) is 11.3 Å². The Morgan fingerprint density at radius 3 is 2.79 bits per heavy atom. The van der Waals surface area contributed by atoms with Crippen molar-refractivity contribution in [3.8, 4) is 0 Å². The van der Waals surface area contributed by atoms with Crippen LogP contribution in [-0.2, 0) is 9.59 Å². The number of carbonyl (C=O) groups excluding carboxylic acids is 3. The molecule has 1 aromatic heterocycles. The molecule has 1 aliphatic heterocycles. The van der Waals surface area contributed by atoms with Gasteiger partial charge in [-0.1, -0.05) is 38.3 Å². The highest BCUT2D eigenvalue weighted by Gasteiger charge is 2.31. The van der Waals surface area contributed by atoms with Crippen molar-refractivity contribution in [2.45, 2.75) is 58.4 Å². The minimum Gasteiger partial charge on any atom is -0.346 e. The van der Waals surface area contributed by atoms with Crippen LogP contribution in [0.4, 0.5) is 0 Å². The van der Waals surface area contributed by atoms with E-state index < -0.39 is 6.04 Å². The summed E-state index contributed by atoms with van der Waals surface area (Å²) in [7, 11) is 0. The fraction of sp³-hybridized carbons (Fsp3) is 0.545. The van der Waals surface area contributed by atoms with Crippen LogP contribution in [-0.4, -0.2) is 46.6 Å². The molecule has 1 aromatic carbocycles. The smallest absolute Gasteiger partial charge is 0.225 e. The number of rotatable bonds is 8. The Hall–Kier alpha value is -2.28. The number of fused-ring (bicyclic) bond motifs is 1. The first kappa shape index (κ1) is 21.4. The third-order valence-corrected chi connectivity index (χ3v) is 6.52. The van der Waals surface area contributed by atoms with E-state index in [-0.39, 0.29) is 23.5 Å². The average Bonchev–Trinajstić information content (AvgIpc) is 3.17. The SMILES string of the molecule is CCCCC[C@@H](NC(=O)[C@@H]1CCCN(C(C)=O)C1)C(=O)c1nc2ccccc2s1. The Balaban J connectivity index is 1.72. The van der Waals surface area contributed by atoms with Crippen LogP contribution in [0.15, 0.2) is 24.3 Å². The van der Waals surface area contributed by atoms with Gasteiger partial charge in [-0.25, -0.2) is 4.98 Å². The molecule has 0 bridgehead atoms. The van der Waals surface area contributed by atoms with Crippen molar-refractivity contribution < 1.29 is 14.4 Å². The lowest BCUT2D eigenvalue weighted by Gasteiger charge is -2.32. The van der Waals surface area contributed by atoms with Gasteiger partial charge < -0.3 is 10.2 Å². The quantitative estimate of drug-likeness (QED) is 0.525. The van der Waals surface area contributed by atoms with Crippen molar-refractivity contribution in [2.24, 2.45) is 5.92 Å². The molecule has 0 aliphatic carbocycles. The molecule has 0 radical (unpaired) electrons. The van der Waals surface area contributed by atoms with E-state index in [9.17, 15) is 14.4 Å². The first-order chi connectivity index (χ1) is 14.0. The largest absolute Gasteiger partial charge is 0.346 e. The predicted octanol–water partition coefficient (Wildman–Crippen LogP) is 3.80. The van der Waals surface area contributed by atoms with Crippen LogP contribution in [0.2, 0.25) is 0 Å². The Morgan fingerprint density at radius 1 is 1.28 bits per heavy atom. The number of hydrogen-bond acceptors (Lipinski definition) is 5. The number of benzene rings is 1. The number of nitrogens with zero attached hydrogens (tertiary/aromatic N) is 2. The summed E-state index contributed by atoms with van der Waals surface area (Å²) in [5, 5.41) is 3.43. The Labute approximate surface area is 175 Å². The van der Waals surface area contributed by atoms with E-state index in [1.807, 2.05) is 24.3 Å². The molecule has 0 spiro atoms. The van der Waals surface area contributed by atoms with Gasteiger partial charge in [-0.3, -0.25) is 14.4 Å². The molecule has 7 heteroatoms. The van der Waals surface area contributed by atoms with E-state index >= 15 is 0 Å². The first-order valence-electron chi connectivity index (χ1n) is 10.4. The third kappa shape index (κ3) is 5.41. The molecular formula is C22H29N3O3S. The van der Waals surface area contributed by atoms with Crippen LogP contribution in [0, 0.1) is 5.92 Å². The maximum atomic E-state index is 13.2. The number of para-hydroxylation sites is 1. The highest BCUT2D eigenvalue weighted by Crippen LogP contribution is 2.24. The van der Waals surface area contributed by atoms with Crippen molar-refractivity contribution in [1.82, 2.24) is 15.2 Å². The Morgan fingerprint density at radius 2 is 2.07 bits per heavy atom. The lowest BCUT2D eigenvalue weighted by Crippen LogP contribution is -2.49. The van der Waals surface area contributed by atoms with E-state index in [0.717, 1.165) is 42.3 Å². The van der Waals surface area contributed by atoms with Gasteiger partial charge in [0.15, 0.2) is 5.01 Å². The lowest BCUT2D eigenvalue weighted by molar-refractivity contribution is -0.134. The zero-order valence-electron chi connectivity index (χ0n) is 17.1. The fourth-order valence-electron chi connectivity index (χ4n) is 3.76. The second-order valence-corrected chi connectivity index (χ2v) is 8.74. The van der Waals surface area contributed by atoms with Gasteiger partial charge in [0, 0.05) is 20.0 Å². The molecule has 1 aliphatic rings. The van der Waals surface area contributed by atoms with E-state index in [1.54, 1.807) is 4.90 Å². The highest BCUT2D eigenvalue weighted by molar-refractivity contribution is 7.20. The standard InChI is InChI=1S/C22H29N3O3S/c1-3-4-5-11-18(20(27)22-24-17-10-6-7-12-19(17)29-22)23-21(28)16-9-8-13-25(14-16)15(2)26/h6-7,10,12,16,18H,3-5,8-9,11,13-14H2,1-2H3,(H,23,28)/t16-,18-/m1/s1. The van der Waals surface area contributed by atoms with Crippen molar-refractivity contribution >= 4 is 39.2 Å². The summed E-state index contributed by atoms with van der Waals surface area (Å²) < 4.78 is 0.971. The normalized spacial score (nSPS) is 17.9.